The largest absolute Gasteiger partial charge is 0.497 e. The lowest BCUT2D eigenvalue weighted by Gasteiger charge is -2.10. The second-order valence-corrected chi connectivity index (χ2v) is 7.32. The molecule has 0 aliphatic heterocycles. The van der Waals surface area contributed by atoms with Gasteiger partial charge in [0, 0.05) is 16.7 Å². The van der Waals surface area contributed by atoms with E-state index >= 15 is 0 Å². The minimum absolute atomic E-state index is 0.00165. The number of aromatic nitrogens is 1. The molecule has 3 aromatic rings. The fourth-order valence-corrected chi connectivity index (χ4v) is 3.73. The third-order valence-corrected chi connectivity index (χ3v) is 5.55. The maximum atomic E-state index is 12.6. The Kier molecular flexibility index (Phi) is 6.29. The topological polar surface area (TPSA) is 74.7 Å². The smallest absolute Gasteiger partial charge is 0.350 e. The number of hydrogen-bond donors (Lipinski definition) is 0. The first-order valence-corrected chi connectivity index (χ1v) is 9.71. The number of methoxy groups -OCH3 is 2. The van der Waals surface area contributed by atoms with Crippen molar-refractivity contribution in [2.24, 2.45) is 0 Å². The number of carbonyl (C=O) groups excluding carboxylic acids is 2. The molecule has 29 heavy (non-hydrogen) atoms. The van der Waals surface area contributed by atoms with Gasteiger partial charge in [-0.3, -0.25) is 4.79 Å². The summed E-state index contributed by atoms with van der Waals surface area (Å²) in [6.07, 6.45) is 0. The predicted octanol–water partition coefficient (Wildman–Crippen LogP) is 4.70. The number of benzene rings is 2. The molecule has 1 aromatic heterocycles. The Morgan fingerprint density at radius 3 is 2.38 bits per heavy atom. The number of thiazole rings is 1. The molecule has 0 aliphatic rings. The molecule has 1 heterocycles. The maximum absolute atomic E-state index is 12.6. The van der Waals surface area contributed by atoms with E-state index in [1.54, 1.807) is 32.2 Å². The summed E-state index contributed by atoms with van der Waals surface area (Å²) in [5.41, 5.74) is 2.67. The van der Waals surface area contributed by atoms with Crippen LogP contribution in [0, 0.1) is 6.92 Å². The second kappa shape index (κ2) is 8.87. The normalized spacial score (nSPS) is 10.5. The minimum Gasteiger partial charge on any atom is -0.497 e. The molecular weight excluding hydrogens is 390 g/mol. The van der Waals surface area contributed by atoms with Crippen molar-refractivity contribution < 1.29 is 23.8 Å². The summed E-state index contributed by atoms with van der Waals surface area (Å²) in [5.74, 6) is 0.781. The van der Waals surface area contributed by atoms with Gasteiger partial charge in [0.25, 0.3) is 0 Å². The van der Waals surface area contributed by atoms with E-state index in [9.17, 15) is 9.59 Å². The Bertz CT molecular complexity index is 1040. The molecule has 7 heteroatoms. The lowest BCUT2D eigenvalue weighted by atomic mass is 10.1. The van der Waals surface area contributed by atoms with Gasteiger partial charge in [-0.25, -0.2) is 9.78 Å². The van der Waals surface area contributed by atoms with Crippen LogP contribution in [0.3, 0.4) is 0 Å². The highest BCUT2D eigenvalue weighted by molar-refractivity contribution is 7.17. The number of carbonyl (C=O) groups is 2. The van der Waals surface area contributed by atoms with E-state index in [0.717, 1.165) is 16.3 Å². The Morgan fingerprint density at radius 2 is 1.76 bits per heavy atom. The van der Waals surface area contributed by atoms with Gasteiger partial charge >= 0.3 is 5.97 Å². The highest BCUT2D eigenvalue weighted by Crippen LogP contribution is 2.30. The first kappa shape index (κ1) is 20.5. The van der Waals surface area contributed by atoms with E-state index in [1.165, 1.54) is 25.4 Å². The van der Waals surface area contributed by atoms with Gasteiger partial charge in [-0.1, -0.05) is 0 Å². The number of Topliss-reactive ketones (excluding diaryl/α,β-unsaturated/α-hetero) is 1. The van der Waals surface area contributed by atoms with E-state index in [4.69, 9.17) is 14.2 Å². The number of ketones is 1. The molecule has 0 spiro atoms. The van der Waals surface area contributed by atoms with Crippen LogP contribution in [0.4, 0.5) is 0 Å². The molecule has 0 bridgehead atoms. The van der Waals surface area contributed by atoms with Crippen LogP contribution >= 0.6 is 11.3 Å². The molecule has 0 fully saturated rings. The average Bonchev–Trinajstić information content (AvgIpc) is 3.13. The van der Waals surface area contributed by atoms with Crippen molar-refractivity contribution in [3.05, 3.63) is 64.2 Å². The zero-order valence-electron chi connectivity index (χ0n) is 16.6. The van der Waals surface area contributed by atoms with Crippen molar-refractivity contribution >= 4 is 23.1 Å². The average molecular weight is 411 g/mol. The molecule has 0 saturated carbocycles. The first-order valence-electron chi connectivity index (χ1n) is 8.89. The lowest BCUT2D eigenvalue weighted by Crippen LogP contribution is -2.06. The monoisotopic (exact) mass is 411 g/mol. The van der Waals surface area contributed by atoms with Crippen LogP contribution in [-0.4, -0.2) is 31.0 Å². The van der Waals surface area contributed by atoms with Crippen molar-refractivity contribution in [3.8, 4) is 22.1 Å². The number of hydrogen-bond acceptors (Lipinski definition) is 7. The van der Waals surface area contributed by atoms with E-state index in [2.05, 4.69) is 4.98 Å². The minimum atomic E-state index is -0.463. The number of rotatable bonds is 7. The van der Waals surface area contributed by atoms with Crippen LogP contribution < -0.4 is 9.47 Å². The van der Waals surface area contributed by atoms with Gasteiger partial charge < -0.3 is 14.2 Å². The lowest BCUT2D eigenvalue weighted by molar-refractivity contribution is 0.0475. The predicted molar refractivity (Wildman–Crippen MR) is 111 cm³/mol. The Balaban J connectivity index is 1.77. The van der Waals surface area contributed by atoms with E-state index in [0.29, 0.717) is 27.4 Å². The van der Waals surface area contributed by atoms with Crippen LogP contribution in [0.25, 0.3) is 10.6 Å². The standard InChI is InChI=1S/C22H21NO5S/c1-13-20(29-21(23-13)15-5-8-18(26-3)9-6-15)22(25)28-12-17-11-16(14(2)24)7-10-19(17)27-4/h5-11H,12H2,1-4H3. The molecule has 0 N–H and O–H groups in total. The molecule has 0 saturated heterocycles. The summed E-state index contributed by atoms with van der Waals surface area (Å²) in [4.78, 5) is 29.2. The van der Waals surface area contributed by atoms with Crippen molar-refractivity contribution in [2.45, 2.75) is 20.5 Å². The van der Waals surface area contributed by atoms with Crippen molar-refractivity contribution in [1.82, 2.24) is 4.98 Å². The van der Waals surface area contributed by atoms with Gasteiger partial charge in [0.1, 0.15) is 28.0 Å². The molecule has 0 amide bonds. The van der Waals surface area contributed by atoms with E-state index < -0.39 is 5.97 Å². The molecule has 0 radical (unpaired) electrons. The summed E-state index contributed by atoms with van der Waals surface area (Å²) in [7, 11) is 3.14. The fraction of sp³-hybridized carbons (Fsp3) is 0.227. The van der Waals surface area contributed by atoms with Gasteiger partial charge in [0.05, 0.1) is 19.9 Å². The zero-order chi connectivity index (χ0) is 21.0. The fourth-order valence-electron chi connectivity index (χ4n) is 2.76. The third kappa shape index (κ3) is 4.63. The summed E-state index contributed by atoms with van der Waals surface area (Å²) in [5, 5.41) is 0.730. The van der Waals surface area contributed by atoms with Crippen LogP contribution in [0.2, 0.25) is 0 Å². The van der Waals surface area contributed by atoms with Crippen molar-refractivity contribution in [3.63, 3.8) is 0 Å². The van der Waals surface area contributed by atoms with Gasteiger partial charge in [0.2, 0.25) is 0 Å². The van der Waals surface area contributed by atoms with Gasteiger partial charge in [-0.2, -0.15) is 0 Å². The van der Waals surface area contributed by atoms with Gasteiger partial charge in [0.15, 0.2) is 5.78 Å². The number of nitrogens with zero attached hydrogens (tertiary/aromatic N) is 1. The van der Waals surface area contributed by atoms with Crippen LogP contribution in [-0.2, 0) is 11.3 Å². The highest BCUT2D eigenvalue weighted by atomic mass is 32.1. The molecule has 0 unspecified atom stereocenters. The van der Waals surface area contributed by atoms with Crippen LogP contribution in [0.5, 0.6) is 11.5 Å². The quantitative estimate of drug-likeness (QED) is 0.415. The maximum Gasteiger partial charge on any atom is 0.350 e. The second-order valence-electron chi connectivity index (χ2n) is 6.32. The number of aryl methyl sites for hydroxylation is 1. The van der Waals surface area contributed by atoms with Gasteiger partial charge in [-0.05, 0) is 56.3 Å². The van der Waals surface area contributed by atoms with Crippen molar-refractivity contribution in [2.75, 3.05) is 14.2 Å². The third-order valence-electron chi connectivity index (χ3n) is 4.36. The summed E-state index contributed by atoms with van der Waals surface area (Å²) in [6.45, 7) is 3.26. The Hall–Kier alpha value is -3.19. The zero-order valence-corrected chi connectivity index (χ0v) is 17.5. The van der Waals surface area contributed by atoms with E-state index in [1.807, 2.05) is 24.3 Å². The van der Waals surface area contributed by atoms with Crippen LogP contribution in [0.15, 0.2) is 42.5 Å². The molecular formula is C22H21NO5S. The summed E-state index contributed by atoms with van der Waals surface area (Å²) < 4.78 is 15.9. The summed E-state index contributed by atoms with van der Waals surface area (Å²) >= 11 is 1.28. The molecule has 3 rings (SSSR count). The molecule has 0 atom stereocenters. The molecule has 2 aromatic carbocycles. The molecule has 0 aliphatic carbocycles. The molecule has 6 nitrogen and oxygen atoms in total. The molecule has 150 valence electrons. The SMILES string of the molecule is COc1ccc(-c2nc(C)c(C(=O)OCc3cc(C(C)=O)ccc3OC)s2)cc1. The van der Waals surface area contributed by atoms with Gasteiger partial charge in [-0.15, -0.1) is 11.3 Å². The van der Waals surface area contributed by atoms with Crippen LogP contribution in [0.1, 0.15) is 38.2 Å². The Labute approximate surface area is 173 Å². The van der Waals surface area contributed by atoms with Crippen molar-refractivity contribution in [1.29, 1.82) is 0 Å². The summed E-state index contributed by atoms with van der Waals surface area (Å²) in [6, 6.07) is 12.5. The first-order chi connectivity index (χ1) is 13.9. The highest BCUT2D eigenvalue weighted by Gasteiger charge is 2.19. The Morgan fingerprint density at radius 1 is 1.03 bits per heavy atom. The number of esters is 1. The van der Waals surface area contributed by atoms with E-state index in [-0.39, 0.29) is 12.4 Å². The number of ether oxygens (including phenoxy) is 3.